The fourth-order valence-electron chi connectivity index (χ4n) is 3.13. The molecular formula is C18H28FN2O+. The number of amides is 1. The summed E-state index contributed by atoms with van der Waals surface area (Å²) in [6, 6.07) is 6.77. The molecule has 122 valence electrons. The van der Waals surface area contributed by atoms with Gasteiger partial charge in [-0.3, -0.25) is 4.79 Å². The van der Waals surface area contributed by atoms with Crippen molar-refractivity contribution in [3.05, 3.63) is 35.6 Å². The van der Waals surface area contributed by atoms with Crippen LogP contribution in [0.2, 0.25) is 0 Å². The second-order valence-corrected chi connectivity index (χ2v) is 6.43. The largest absolute Gasteiger partial charge is 0.347 e. The number of carbonyl (C=O) groups is 1. The molecule has 1 aromatic carbocycles. The molecule has 1 aliphatic rings. The van der Waals surface area contributed by atoms with Gasteiger partial charge in [-0.1, -0.05) is 31.4 Å². The quantitative estimate of drug-likeness (QED) is 0.862. The van der Waals surface area contributed by atoms with Crippen LogP contribution in [0.25, 0.3) is 0 Å². The second-order valence-electron chi connectivity index (χ2n) is 6.43. The van der Waals surface area contributed by atoms with Crippen molar-refractivity contribution >= 4 is 5.91 Å². The number of halogens is 1. The number of hydrogen-bond donors (Lipinski definition) is 2. The van der Waals surface area contributed by atoms with Crippen molar-refractivity contribution in [3.63, 3.8) is 0 Å². The van der Waals surface area contributed by atoms with Gasteiger partial charge < -0.3 is 10.6 Å². The van der Waals surface area contributed by atoms with E-state index in [0.717, 1.165) is 5.56 Å². The standard InChI is InChI=1S/C18H27FN2O/c1-14(21-17-7-5-3-2-4-6-8-17)18(22)20-13-15-9-11-16(19)12-10-15/h9-12,14,17,21H,2-8,13H2,1H3,(H,20,22)/p+1/t14-/m1/s1. The summed E-state index contributed by atoms with van der Waals surface area (Å²) in [5.41, 5.74) is 0.924. The normalized spacial score (nSPS) is 18.3. The van der Waals surface area contributed by atoms with Gasteiger partial charge in [0, 0.05) is 6.54 Å². The highest BCUT2D eigenvalue weighted by molar-refractivity contribution is 5.79. The van der Waals surface area contributed by atoms with E-state index in [0.29, 0.717) is 12.6 Å². The predicted molar refractivity (Wildman–Crippen MR) is 85.7 cm³/mol. The number of carbonyl (C=O) groups excluding carboxylic acids is 1. The van der Waals surface area contributed by atoms with Crippen molar-refractivity contribution in [1.82, 2.24) is 5.32 Å². The van der Waals surface area contributed by atoms with E-state index >= 15 is 0 Å². The summed E-state index contributed by atoms with van der Waals surface area (Å²) in [6.07, 6.45) is 9.02. The molecule has 1 fully saturated rings. The molecule has 0 radical (unpaired) electrons. The van der Waals surface area contributed by atoms with Crippen LogP contribution in [0, 0.1) is 5.82 Å². The maximum atomic E-state index is 12.8. The molecule has 2 rings (SSSR count). The Hall–Kier alpha value is -1.42. The van der Waals surface area contributed by atoms with E-state index < -0.39 is 0 Å². The molecule has 4 heteroatoms. The minimum atomic E-state index is -0.249. The summed E-state index contributed by atoms with van der Waals surface area (Å²) in [5.74, 6) is -0.188. The Morgan fingerprint density at radius 3 is 2.41 bits per heavy atom. The molecule has 1 atom stereocenters. The molecule has 0 spiro atoms. The zero-order chi connectivity index (χ0) is 15.8. The molecule has 0 aromatic heterocycles. The molecule has 1 aromatic rings. The monoisotopic (exact) mass is 307 g/mol. The first-order valence-corrected chi connectivity index (χ1v) is 8.52. The van der Waals surface area contributed by atoms with Crippen LogP contribution in [0.5, 0.6) is 0 Å². The van der Waals surface area contributed by atoms with E-state index in [2.05, 4.69) is 10.6 Å². The average molecular weight is 307 g/mol. The SMILES string of the molecule is C[C@@H]([NH2+]C1CCCCCCC1)C(=O)NCc1ccc(F)cc1. The van der Waals surface area contributed by atoms with Gasteiger partial charge in [0.15, 0.2) is 6.04 Å². The minimum absolute atomic E-state index is 0.0615. The van der Waals surface area contributed by atoms with Crippen molar-refractivity contribution in [2.24, 2.45) is 0 Å². The first-order chi connectivity index (χ1) is 10.6. The van der Waals surface area contributed by atoms with Gasteiger partial charge >= 0.3 is 0 Å². The molecule has 1 amide bonds. The molecule has 1 aliphatic carbocycles. The summed E-state index contributed by atoms with van der Waals surface area (Å²) in [7, 11) is 0. The Kier molecular flexibility index (Phi) is 6.84. The average Bonchev–Trinajstić information content (AvgIpc) is 2.49. The minimum Gasteiger partial charge on any atom is -0.347 e. The third-order valence-electron chi connectivity index (χ3n) is 4.50. The Bertz CT molecular complexity index is 453. The van der Waals surface area contributed by atoms with Crippen LogP contribution in [0.4, 0.5) is 4.39 Å². The van der Waals surface area contributed by atoms with Crippen molar-refractivity contribution in [2.75, 3.05) is 0 Å². The molecule has 0 saturated heterocycles. The van der Waals surface area contributed by atoms with Gasteiger partial charge in [-0.25, -0.2) is 4.39 Å². The van der Waals surface area contributed by atoms with E-state index in [-0.39, 0.29) is 17.8 Å². The topological polar surface area (TPSA) is 45.7 Å². The van der Waals surface area contributed by atoms with Gasteiger partial charge in [-0.2, -0.15) is 0 Å². The van der Waals surface area contributed by atoms with Crippen LogP contribution in [0.3, 0.4) is 0 Å². The van der Waals surface area contributed by atoms with Gasteiger partial charge in [0.05, 0.1) is 6.04 Å². The van der Waals surface area contributed by atoms with E-state index in [1.54, 1.807) is 12.1 Å². The Morgan fingerprint density at radius 1 is 1.18 bits per heavy atom. The molecule has 3 N–H and O–H groups in total. The Balaban J connectivity index is 1.74. The van der Waals surface area contributed by atoms with Gasteiger partial charge in [0.2, 0.25) is 0 Å². The Morgan fingerprint density at radius 2 is 1.77 bits per heavy atom. The second kappa shape index (κ2) is 8.89. The third-order valence-corrected chi connectivity index (χ3v) is 4.50. The number of quaternary nitrogens is 1. The van der Waals surface area contributed by atoms with Gasteiger partial charge in [0.1, 0.15) is 5.82 Å². The van der Waals surface area contributed by atoms with Crippen LogP contribution in [-0.4, -0.2) is 18.0 Å². The summed E-state index contributed by atoms with van der Waals surface area (Å²) < 4.78 is 12.8. The maximum Gasteiger partial charge on any atom is 0.278 e. The molecule has 0 aliphatic heterocycles. The highest BCUT2D eigenvalue weighted by atomic mass is 19.1. The molecule has 0 unspecified atom stereocenters. The van der Waals surface area contributed by atoms with E-state index in [4.69, 9.17) is 0 Å². The van der Waals surface area contributed by atoms with Crippen LogP contribution >= 0.6 is 0 Å². The summed E-state index contributed by atoms with van der Waals surface area (Å²) in [4.78, 5) is 12.2. The summed E-state index contributed by atoms with van der Waals surface area (Å²) in [6.45, 7) is 2.43. The number of benzene rings is 1. The zero-order valence-corrected chi connectivity index (χ0v) is 13.5. The van der Waals surface area contributed by atoms with Crippen molar-refractivity contribution in [2.45, 2.75) is 70.5 Å². The van der Waals surface area contributed by atoms with Crippen LogP contribution < -0.4 is 10.6 Å². The summed E-state index contributed by atoms with van der Waals surface area (Å²) in [5, 5.41) is 5.17. The van der Waals surface area contributed by atoms with Crippen LogP contribution in [-0.2, 0) is 11.3 Å². The summed E-state index contributed by atoms with van der Waals surface area (Å²) >= 11 is 0. The lowest BCUT2D eigenvalue weighted by atomic mass is 9.96. The first-order valence-electron chi connectivity index (χ1n) is 8.52. The van der Waals surface area contributed by atoms with E-state index in [9.17, 15) is 9.18 Å². The number of nitrogens with two attached hydrogens (primary N) is 1. The fourth-order valence-corrected chi connectivity index (χ4v) is 3.13. The molecular weight excluding hydrogens is 279 g/mol. The highest BCUT2D eigenvalue weighted by Gasteiger charge is 2.22. The molecule has 0 heterocycles. The predicted octanol–water partition coefficient (Wildman–Crippen LogP) is 2.51. The van der Waals surface area contributed by atoms with E-state index in [1.165, 1.54) is 57.1 Å². The number of hydrogen-bond acceptors (Lipinski definition) is 1. The number of nitrogens with one attached hydrogen (secondary N) is 1. The highest BCUT2D eigenvalue weighted by Crippen LogP contribution is 2.15. The van der Waals surface area contributed by atoms with Crippen molar-refractivity contribution in [3.8, 4) is 0 Å². The smallest absolute Gasteiger partial charge is 0.278 e. The van der Waals surface area contributed by atoms with Crippen molar-refractivity contribution < 1.29 is 14.5 Å². The Labute approximate surface area is 132 Å². The zero-order valence-electron chi connectivity index (χ0n) is 13.5. The van der Waals surface area contributed by atoms with Gasteiger partial charge in [0.25, 0.3) is 5.91 Å². The number of rotatable bonds is 5. The lowest BCUT2D eigenvalue weighted by Gasteiger charge is -2.21. The van der Waals surface area contributed by atoms with Crippen molar-refractivity contribution in [1.29, 1.82) is 0 Å². The molecule has 22 heavy (non-hydrogen) atoms. The lowest BCUT2D eigenvalue weighted by Crippen LogP contribution is -2.96. The van der Waals surface area contributed by atoms with Gasteiger partial charge in [-0.05, 0) is 50.3 Å². The van der Waals surface area contributed by atoms with Gasteiger partial charge in [-0.15, -0.1) is 0 Å². The van der Waals surface area contributed by atoms with Crippen LogP contribution in [0.15, 0.2) is 24.3 Å². The lowest BCUT2D eigenvalue weighted by molar-refractivity contribution is -0.708. The maximum absolute atomic E-state index is 12.8. The van der Waals surface area contributed by atoms with Crippen LogP contribution in [0.1, 0.15) is 57.4 Å². The first kappa shape index (κ1) is 16.9. The molecule has 3 nitrogen and oxygen atoms in total. The van der Waals surface area contributed by atoms with E-state index in [1.807, 2.05) is 6.92 Å². The molecule has 1 saturated carbocycles. The third kappa shape index (κ3) is 5.76. The fraction of sp³-hybridized carbons (Fsp3) is 0.611. The molecule has 0 bridgehead atoms.